The molecule has 0 saturated heterocycles. The van der Waals surface area contributed by atoms with Gasteiger partial charge in [0.25, 0.3) is 0 Å². The zero-order valence-corrected chi connectivity index (χ0v) is 31.1. The molecule has 258 valence electrons. The van der Waals surface area contributed by atoms with E-state index in [0.29, 0.717) is 13.2 Å². The standard InChI is InChI=1S/C40H76O3Si/c1-5-6-7-8-9-10-11-12-13-15-18-21-28-41-31-34(32-43-44(2,3)4)42-29-22-19-16-14-17-20-23-33-24-25-37-38(30-33)40-36-27-26-35(36)39(37)40/h33-40H,5-32H2,1-4H3/t33-,34?,35-,36+,37+,38-,39-,40+/m1/s1. The molecular formula is C40H76O3Si. The Balaban J connectivity index is 0.926. The fourth-order valence-corrected chi connectivity index (χ4v) is 10.4. The van der Waals surface area contributed by atoms with Crippen LogP contribution in [0, 0.1) is 41.4 Å². The number of fused-ring (bicyclic) bond motifs is 7. The maximum Gasteiger partial charge on any atom is 0.183 e. The van der Waals surface area contributed by atoms with E-state index in [0.717, 1.165) is 19.1 Å². The predicted octanol–water partition coefficient (Wildman–Crippen LogP) is 12.0. The van der Waals surface area contributed by atoms with Crippen LogP contribution in [-0.2, 0) is 13.9 Å². The molecule has 0 amide bonds. The molecule has 4 fully saturated rings. The summed E-state index contributed by atoms with van der Waals surface area (Å²) in [5.74, 6) is 8.23. The van der Waals surface area contributed by atoms with E-state index in [2.05, 4.69) is 26.6 Å². The molecule has 0 spiro atoms. The molecule has 0 heterocycles. The summed E-state index contributed by atoms with van der Waals surface area (Å²) >= 11 is 0. The van der Waals surface area contributed by atoms with Gasteiger partial charge in [0.1, 0.15) is 6.10 Å². The smallest absolute Gasteiger partial charge is 0.183 e. The van der Waals surface area contributed by atoms with Gasteiger partial charge in [-0.2, -0.15) is 0 Å². The van der Waals surface area contributed by atoms with Gasteiger partial charge in [-0.1, -0.05) is 122 Å². The Morgan fingerprint density at radius 1 is 0.545 bits per heavy atom. The molecule has 3 nitrogen and oxygen atoms in total. The highest BCUT2D eigenvalue weighted by Crippen LogP contribution is 2.74. The van der Waals surface area contributed by atoms with Gasteiger partial charge in [0.15, 0.2) is 8.32 Å². The lowest BCUT2D eigenvalue weighted by molar-refractivity contribution is -0.264. The van der Waals surface area contributed by atoms with Gasteiger partial charge >= 0.3 is 0 Å². The Bertz CT molecular complexity index is 731. The first kappa shape index (κ1) is 36.9. The second-order valence-corrected chi connectivity index (χ2v) is 21.4. The third kappa shape index (κ3) is 12.3. The van der Waals surface area contributed by atoms with E-state index in [1.165, 1.54) is 158 Å². The molecule has 1 unspecified atom stereocenters. The van der Waals surface area contributed by atoms with Gasteiger partial charge in [0.2, 0.25) is 0 Å². The van der Waals surface area contributed by atoms with E-state index < -0.39 is 8.32 Å². The summed E-state index contributed by atoms with van der Waals surface area (Å²) in [7, 11) is -1.54. The van der Waals surface area contributed by atoms with E-state index in [-0.39, 0.29) is 6.10 Å². The van der Waals surface area contributed by atoms with Gasteiger partial charge < -0.3 is 13.9 Å². The average molecular weight is 633 g/mol. The van der Waals surface area contributed by atoms with Crippen molar-refractivity contribution in [1.82, 2.24) is 0 Å². The average Bonchev–Trinajstić information content (AvgIpc) is 2.99. The summed E-state index contributed by atoms with van der Waals surface area (Å²) in [4.78, 5) is 0. The van der Waals surface area contributed by atoms with E-state index in [1.54, 1.807) is 32.1 Å². The monoisotopic (exact) mass is 633 g/mol. The lowest BCUT2D eigenvalue weighted by Gasteiger charge is -2.74. The van der Waals surface area contributed by atoms with E-state index >= 15 is 0 Å². The fourth-order valence-electron chi connectivity index (χ4n) is 9.73. The third-order valence-corrected chi connectivity index (χ3v) is 13.4. The van der Waals surface area contributed by atoms with Gasteiger partial charge in [-0.05, 0) is 99.6 Å². The molecule has 0 bridgehead atoms. The summed E-state index contributed by atoms with van der Waals surface area (Å²) in [6.45, 7) is 12.2. The van der Waals surface area contributed by atoms with E-state index in [1.807, 2.05) is 0 Å². The second-order valence-electron chi connectivity index (χ2n) is 16.9. The van der Waals surface area contributed by atoms with Crippen LogP contribution in [-0.4, -0.2) is 40.8 Å². The zero-order chi connectivity index (χ0) is 31.0. The minimum absolute atomic E-state index is 0.0928. The number of hydrogen-bond acceptors (Lipinski definition) is 3. The quantitative estimate of drug-likeness (QED) is 0.0634. The van der Waals surface area contributed by atoms with Gasteiger partial charge in [0.05, 0.1) is 13.2 Å². The van der Waals surface area contributed by atoms with Crippen molar-refractivity contribution in [2.75, 3.05) is 26.4 Å². The van der Waals surface area contributed by atoms with Gasteiger partial charge in [-0.25, -0.2) is 0 Å². The number of unbranched alkanes of at least 4 members (excludes halogenated alkanes) is 16. The van der Waals surface area contributed by atoms with E-state index in [4.69, 9.17) is 13.9 Å². The van der Waals surface area contributed by atoms with Crippen LogP contribution in [0.25, 0.3) is 0 Å². The van der Waals surface area contributed by atoms with Gasteiger partial charge in [-0.3, -0.25) is 0 Å². The lowest BCUT2D eigenvalue weighted by Crippen LogP contribution is -2.69. The van der Waals surface area contributed by atoms with Crippen LogP contribution in [0.1, 0.15) is 161 Å². The highest BCUT2D eigenvalue weighted by Gasteiger charge is 2.68. The number of hydrogen-bond donors (Lipinski definition) is 0. The summed E-state index contributed by atoms with van der Waals surface area (Å²) in [5, 5.41) is 0. The van der Waals surface area contributed by atoms with Crippen LogP contribution >= 0.6 is 0 Å². The molecule has 0 aliphatic heterocycles. The third-order valence-electron chi connectivity index (χ3n) is 12.4. The first-order valence-corrected chi connectivity index (χ1v) is 23.7. The van der Waals surface area contributed by atoms with Crippen LogP contribution in [0.3, 0.4) is 0 Å². The molecule has 4 heteroatoms. The van der Waals surface area contributed by atoms with Crippen LogP contribution in [0.4, 0.5) is 0 Å². The maximum absolute atomic E-state index is 6.29. The minimum Gasteiger partial charge on any atom is -0.415 e. The molecule has 0 aromatic carbocycles. The summed E-state index contributed by atoms with van der Waals surface area (Å²) in [6.07, 6.45) is 34.4. The van der Waals surface area contributed by atoms with Crippen molar-refractivity contribution in [3.8, 4) is 0 Å². The Hall–Kier alpha value is 0.0969. The van der Waals surface area contributed by atoms with Gasteiger partial charge in [-0.15, -0.1) is 0 Å². The van der Waals surface area contributed by atoms with Crippen molar-refractivity contribution in [3.05, 3.63) is 0 Å². The zero-order valence-electron chi connectivity index (χ0n) is 30.1. The largest absolute Gasteiger partial charge is 0.415 e. The van der Waals surface area contributed by atoms with Crippen molar-refractivity contribution in [2.24, 2.45) is 41.4 Å². The SMILES string of the molecule is CCCCCCCCCCCCCCOCC(CO[Si](C)(C)C)OCCCCCCCC[C@@H]1CC[C@H]2[C@@H](C1)[C@@H]1[C@H]3CC[C@H]3[C@H]21. The first-order valence-electron chi connectivity index (χ1n) is 20.3. The fraction of sp³-hybridized carbons (Fsp3) is 1.00. The summed E-state index contributed by atoms with van der Waals surface area (Å²) in [5.41, 5.74) is 0. The minimum atomic E-state index is -1.54. The Morgan fingerprint density at radius 3 is 1.64 bits per heavy atom. The molecule has 0 aromatic rings. The van der Waals surface area contributed by atoms with Crippen LogP contribution < -0.4 is 0 Å². The van der Waals surface area contributed by atoms with Crippen LogP contribution in [0.15, 0.2) is 0 Å². The normalized spacial score (nSPS) is 29.6. The first-order chi connectivity index (χ1) is 21.5. The predicted molar refractivity (Wildman–Crippen MR) is 191 cm³/mol. The van der Waals surface area contributed by atoms with Crippen molar-refractivity contribution >= 4 is 8.32 Å². The molecule has 8 atom stereocenters. The molecule has 4 saturated carbocycles. The van der Waals surface area contributed by atoms with Crippen molar-refractivity contribution in [1.29, 1.82) is 0 Å². The van der Waals surface area contributed by atoms with Crippen LogP contribution in [0.5, 0.6) is 0 Å². The highest BCUT2D eigenvalue weighted by molar-refractivity contribution is 6.69. The molecule has 4 rings (SSSR count). The van der Waals surface area contributed by atoms with Crippen molar-refractivity contribution in [2.45, 2.75) is 187 Å². The van der Waals surface area contributed by atoms with Crippen molar-refractivity contribution in [3.63, 3.8) is 0 Å². The van der Waals surface area contributed by atoms with Crippen molar-refractivity contribution < 1.29 is 13.9 Å². The maximum atomic E-state index is 6.29. The topological polar surface area (TPSA) is 27.7 Å². The number of ether oxygens (including phenoxy) is 2. The molecule has 0 N–H and O–H groups in total. The van der Waals surface area contributed by atoms with Crippen LogP contribution in [0.2, 0.25) is 19.6 Å². The molecular weight excluding hydrogens is 557 g/mol. The molecule has 4 aliphatic carbocycles. The van der Waals surface area contributed by atoms with E-state index in [9.17, 15) is 0 Å². The Kier molecular flexibility index (Phi) is 17.2. The molecule has 0 radical (unpaired) electrons. The van der Waals surface area contributed by atoms with Gasteiger partial charge in [0, 0.05) is 13.2 Å². The molecule has 4 aliphatic rings. The second kappa shape index (κ2) is 20.5. The Morgan fingerprint density at radius 2 is 1.05 bits per heavy atom. The molecule has 0 aromatic heterocycles. The summed E-state index contributed by atoms with van der Waals surface area (Å²) in [6, 6.07) is 0. The highest BCUT2D eigenvalue weighted by atomic mass is 28.4. The summed E-state index contributed by atoms with van der Waals surface area (Å²) < 4.78 is 18.6. The Labute approximate surface area is 276 Å². The number of rotatable bonds is 28. The molecule has 44 heavy (non-hydrogen) atoms. The lowest BCUT2D eigenvalue weighted by atomic mass is 9.30.